The molecule has 0 amide bonds. The van der Waals surface area contributed by atoms with Gasteiger partial charge in [0, 0.05) is 119 Å². The Kier molecular flexibility index (Phi) is 34.5. The van der Waals surface area contributed by atoms with Gasteiger partial charge in [-0.2, -0.15) is 0 Å². The Labute approximate surface area is 534 Å². The lowest BCUT2D eigenvalue weighted by Gasteiger charge is -2.44. The maximum atomic E-state index is 12.6. The molecule has 0 bridgehead atoms. The van der Waals surface area contributed by atoms with Gasteiger partial charge in [-0.15, -0.1) is 35.3 Å². The molecule has 3 fully saturated rings. The number of thiocarbonyl (C=S) groups is 1. The number of ether oxygens (including phenoxy) is 15. The monoisotopic (exact) mass is 1340 g/mol. The maximum absolute atomic E-state index is 12.6. The van der Waals surface area contributed by atoms with Crippen LogP contribution in [0, 0.1) is 5.41 Å². The van der Waals surface area contributed by atoms with Crippen LogP contribution in [0.3, 0.4) is 0 Å². The van der Waals surface area contributed by atoms with Crippen LogP contribution in [0.15, 0.2) is 4.99 Å². The molecule has 0 aromatic rings. The van der Waals surface area contributed by atoms with Gasteiger partial charge in [0.1, 0.15) is 19.8 Å². The number of thioether (sulfide) groups is 3. The SMILES string of the molecule is CC(=O)OC[C@H]1S[C@H](CCCOCC(CN=C=S)(COCCC[C@@H]2S[C@H](COC(C)=O)[C@@H](OC(C)=O)[C@H](OC(C)=O)[C@H]2OC(C)=O)COCCC[C@@H]2S[C@H](COC(C)=O)[C@@H](OC(C)=O)[C@H](OC(C)=O)[C@H]2OC(C)=O)[C@@H](OC(C)=O)[C@@H](OC(C)=O)[C@@H]1OC(C)=O. The minimum Gasteiger partial charge on any atom is -0.465 e. The van der Waals surface area contributed by atoms with Gasteiger partial charge < -0.3 is 71.1 Å². The molecular weight excluding hydrogens is 1260 g/mol. The van der Waals surface area contributed by atoms with Crippen molar-refractivity contribution in [2.75, 3.05) is 66.0 Å². The highest BCUT2D eigenvalue weighted by Crippen LogP contribution is 2.43. The molecule has 3 heterocycles. The summed E-state index contributed by atoms with van der Waals surface area (Å²) in [6, 6.07) is 0. The Hall–Kier alpha value is -5.63. The van der Waals surface area contributed by atoms with Crippen LogP contribution in [0.2, 0.25) is 0 Å². The number of hydrogen-bond donors (Lipinski definition) is 0. The molecule has 3 saturated heterocycles. The second kappa shape index (κ2) is 39.6. The van der Waals surface area contributed by atoms with Gasteiger partial charge in [0.2, 0.25) is 0 Å². The van der Waals surface area contributed by atoms with Gasteiger partial charge >= 0.3 is 71.6 Å². The molecule has 0 saturated carbocycles. The molecule has 0 aromatic carbocycles. The third kappa shape index (κ3) is 28.2. The Morgan fingerprint density at radius 1 is 0.337 bits per heavy atom. The van der Waals surface area contributed by atoms with Crippen molar-refractivity contribution in [3.63, 3.8) is 0 Å². The average molecular weight is 1340 g/mol. The van der Waals surface area contributed by atoms with Crippen LogP contribution >= 0.6 is 47.5 Å². The maximum Gasteiger partial charge on any atom is 0.303 e. The molecule has 89 heavy (non-hydrogen) atoms. The molecule has 0 N–H and O–H groups in total. The topological polar surface area (TPSA) is 356 Å². The molecular formula is C57H83NO27S4. The van der Waals surface area contributed by atoms with Crippen molar-refractivity contribution in [1.82, 2.24) is 0 Å². The summed E-state index contributed by atoms with van der Waals surface area (Å²) in [6.07, 6.45) is -8.97. The molecule has 0 unspecified atom stereocenters. The molecule has 0 aromatic heterocycles. The molecule has 15 atom stereocenters. The van der Waals surface area contributed by atoms with Gasteiger partial charge in [0.05, 0.1) is 52.7 Å². The lowest BCUT2D eigenvalue weighted by Crippen LogP contribution is -2.58. The van der Waals surface area contributed by atoms with Gasteiger partial charge in [-0.1, -0.05) is 0 Å². The van der Waals surface area contributed by atoms with Crippen molar-refractivity contribution in [2.24, 2.45) is 10.4 Å². The van der Waals surface area contributed by atoms with E-state index < -0.39 is 163 Å². The summed E-state index contributed by atoms with van der Waals surface area (Å²) in [5.41, 5.74) is -1.10. The molecule has 0 aliphatic carbocycles. The first-order chi connectivity index (χ1) is 41.9. The first-order valence-corrected chi connectivity index (χ1v) is 31.9. The van der Waals surface area contributed by atoms with E-state index >= 15 is 0 Å². The van der Waals surface area contributed by atoms with E-state index in [0.717, 1.165) is 41.5 Å². The summed E-state index contributed by atoms with van der Waals surface area (Å²) in [6.45, 7) is 13.3. The van der Waals surface area contributed by atoms with Crippen LogP contribution in [0.4, 0.5) is 0 Å². The number of carbonyl (C=O) groups is 12. The number of esters is 12. The fourth-order valence-corrected chi connectivity index (χ4v) is 15.1. The van der Waals surface area contributed by atoms with E-state index in [1.807, 2.05) is 0 Å². The average Bonchev–Trinajstić information content (AvgIpc) is 1.95. The van der Waals surface area contributed by atoms with E-state index in [0.29, 0.717) is 19.3 Å². The molecule has 3 aliphatic heterocycles. The van der Waals surface area contributed by atoms with E-state index in [2.05, 4.69) is 10.2 Å². The summed E-state index contributed by atoms with van der Waals surface area (Å²) in [5, 5.41) is -1.69. The largest absolute Gasteiger partial charge is 0.465 e. The smallest absolute Gasteiger partial charge is 0.303 e. The third-order valence-electron chi connectivity index (χ3n) is 13.3. The highest BCUT2D eigenvalue weighted by molar-refractivity contribution is 8.01. The Balaban J connectivity index is 1.97. The first-order valence-electron chi connectivity index (χ1n) is 28.6. The molecule has 28 nitrogen and oxygen atoms in total. The van der Waals surface area contributed by atoms with Crippen LogP contribution in [0.5, 0.6) is 0 Å². The summed E-state index contributed by atoms with van der Waals surface area (Å²) >= 11 is 8.71. The second-order valence-corrected chi connectivity index (χ2v) is 25.8. The predicted molar refractivity (Wildman–Crippen MR) is 318 cm³/mol. The molecule has 3 aliphatic rings. The number of nitrogens with zero attached hydrogens (tertiary/aromatic N) is 1. The van der Waals surface area contributed by atoms with Gasteiger partial charge in [0.15, 0.2) is 54.9 Å². The normalized spacial score (nSPS) is 26.4. The van der Waals surface area contributed by atoms with E-state index in [-0.39, 0.29) is 85.3 Å². The van der Waals surface area contributed by atoms with Gasteiger partial charge in [-0.25, -0.2) is 4.99 Å². The minimum absolute atomic E-state index is 0.0399. The van der Waals surface area contributed by atoms with Crippen LogP contribution in [0.25, 0.3) is 0 Å². The Morgan fingerprint density at radius 3 is 0.753 bits per heavy atom. The number of rotatable bonds is 35. The molecule has 3 rings (SSSR count). The van der Waals surface area contributed by atoms with Gasteiger partial charge in [-0.3, -0.25) is 57.5 Å². The third-order valence-corrected chi connectivity index (χ3v) is 18.2. The van der Waals surface area contributed by atoms with Crippen molar-refractivity contribution >= 4 is 124 Å². The second-order valence-electron chi connectivity index (χ2n) is 21.2. The van der Waals surface area contributed by atoms with Gasteiger partial charge in [0.25, 0.3) is 0 Å². The standard InChI is InChI=1S/C57H83NO27S4/c1-30(59)74-22-45-51(80-36(7)65)54(83-39(10)68)48(77-33(4)62)42(87-45)16-13-19-71-26-57(25-58-29-86,27-72-20-14-17-43-49(78-34(5)63)55(84-40(11)69)52(81-37(8)66)46(88-43)23-75-31(2)60)28-73-21-15-18-44-50(79-35(6)64)56(85-41(12)70)53(82-38(9)67)47(89-44)24-76-32(3)61/h42-56H,13-28H2,1-12H3/t42-,43-,44+,45+,46+,47+,48-,49-,50+,51+,52+,53+,54+,55+,56+/m0/s1. The molecule has 32 heteroatoms. The van der Waals surface area contributed by atoms with Crippen molar-refractivity contribution in [2.45, 2.75) is 208 Å². The molecule has 0 radical (unpaired) electrons. The lowest BCUT2D eigenvalue weighted by atomic mass is 9.91. The quantitative estimate of drug-likeness (QED) is 0.0284. The van der Waals surface area contributed by atoms with Crippen LogP contribution in [-0.4, -0.2) is 229 Å². The zero-order valence-electron chi connectivity index (χ0n) is 52.1. The fourth-order valence-electron chi connectivity index (χ4n) is 10.1. The van der Waals surface area contributed by atoms with Crippen molar-refractivity contribution in [3.05, 3.63) is 0 Å². The van der Waals surface area contributed by atoms with Crippen LogP contribution in [0.1, 0.15) is 122 Å². The summed E-state index contributed by atoms with van der Waals surface area (Å²) in [7, 11) is 0. The van der Waals surface area contributed by atoms with Crippen molar-refractivity contribution in [3.8, 4) is 0 Å². The zero-order chi connectivity index (χ0) is 66.5. The fraction of sp³-hybridized carbons (Fsp3) is 0.772. The number of hydrogen-bond acceptors (Lipinski definition) is 32. The predicted octanol–water partition coefficient (Wildman–Crippen LogP) is 3.99. The Bertz CT molecular complexity index is 2230. The Morgan fingerprint density at radius 2 is 0.551 bits per heavy atom. The number of carbonyl (C=O) groups excluding carboxylic acids is 12. The zero-order valence-corrected chi connectivity index (χ0v) is 55.3. The molecule has 0 spiro atoms. The minimum atomic E-state index is -1.28. The highest BCUT2D eigenvalue weighted by atomic mass is 32.2. The van der Waals surface area contributed by atoms with E-state index in [1.165, 1.54) is 76.8 Å². The summed E-state index contributed by atoms with van der Waals surface area (Å²) in [4.78, 5) is 152. The van der Waals surface area contributed by atoms with Gasteiger partial charge in [-0.05, 0) is 50.7 Å². The first kappa shape index (κ1) is 77.6. The highest BCUT2D eigenvalue weighted by Gasteiger charge is 2.54. The summed E-state index contributed by atoms with van der Waals surface area (Å²) < 4.78 is 86.1. The lowest BCUT2D eigenvalue weighted by molar-refractivity contribution is -0.186. The summed E-state index contributed by atoms with van der Waals surface area (Å²) in [5.74, 6) is -8.35. The van der Waals surface area contributed by atoms with Crippen molar-refractivity contribution < 1.29 is 129 Å². The van der Waals surface area contributed by atoms with E-state index in [1.54, 1.807) is 0 Å². The van der Waals surface area contributed by atoms with E-state index in [9.17, 15) is 57.5 Å². The number of aliphatic imine (C=N–C) groups is 1. The number of isothiocyanates is 1. The van der Waals surface area contributed by atoms with Crippen molar-refractivity contribution in [1.29, 1.82) is 0 Å². The molecule has 502 valence electrons. The van der Waals surface area contributed by atoms with Crippen LogP contribution < -0.4 is 0 Å². The van der Waals surface area contributed by atoms with Crippen LogP contribution in [-0.2, 0) is 129 Å². The van der Waals surface area contributed by atoms with E-state index in [4.69, 9.17) is 83.3 Å².